The summed E-state index contributed by atoms with van der Waals surface area (Å²) in [6, 6.07) is -0.662. The van der Waals surface area contributed by atoms with Gasteiger partial charge >= 0.3 is 5.97 Å². The Morgan fingerprint density at radius 1 is 1.32 bits per heavy atom. The van der Waals surface area contributed by atoms with Crippen LogP contribution in [0.2, 0.25) is 0 Å². The zero-order valence-electron chi connectivity index (χ0n) is 14.1. The smallest absolute Gasteiger partial charge is 0.316 e. The van der Waals surface area contributed by atoms with E-state index in [1.807, 2.05) is 13.8 Å². The molecule has 1 aromatic heterocycles. The topological polar surface area (TPSA) is 136 Å². The van der Waals surface area contributed by atoms with Gasteiger partial charge in [0.1, 0.15) is 0 Å². The first-order valence-corrected chi connectivity index (χ1v) is 9.08. The molecule has 0 aliphatic carbocycles. The van der Waals surface area contributed by atoms with Gasteiger partial charge in [-0.05, 0) is 12.8 Å². The van der Waals surface area contributed by atoms with E-state index in [0.29, 0.717) is 10.9 Å². The molecule has 142 valence electrons. The molecule has 1 aromatic rings. The summed E-state index contributed by atoms with van der Waals surface area (Å²) < 4.78 is 5.33. The highest BCUT2D eigenvalue weighted by molar-refractivity contribution is 8.01. The molecule has 4 N–H and O–H groups in total. The molecule has 12 heteroatoms. The molecular weight excluding hydrogens is 390 g/mol. The van der Waals surface area contributed by atoms with Gasteiger partial charge in [0.05, 0.1) is 24.9 Å². The molecule has 0 bridgehead atoms. The molecule has 0 aromatic carbocycles. The van der Waals surface area contributed by atoms with Crippen LogP contribution in [0.15, 0.2) is 4.34 Å². The van der Waals surface area contributed by atoms with E-state index >= 15 is 0 Å². The van der Waals surface area contributed by atoms with Gasteiger partial charge in [0.2, 0.25) is 16.9 Å². The second-order valence-electron chi connectivity index (χ2n) is 5.00. The lowest BCUT2D eigenvalue weighted by molar-refractivity contribution is -0.139. The Balaban J connectivity index is 0.00000576. The van der Waals surface area contributed by atoms with E-state index in [1.54, 1.807) is 6.92 Å². The molecule has 9 nitrogen and oxygen atoms in total. The standard InChI is InChI=1S/C13H21N5O4S2.ClH/c1-4-22-9(20)6-23-13-18-17-12(24-13)16-8(19)5-15-11(21)10(14)7(2)3;/h7,10H,4-6,14H2,1-3H3,(H,15,21)(H,16,17,19);1H/t10-;/m0./s1. The molecule has 0 unspecified atom stereocenters. The van der Waals surface area contributed by atoms with E-state index < -0.39 is 11.9 Å². The fourth-order valence-electron chi connectivity index (χ4n) is 1.39. The highest BCUT2D eigenvalue weighted by Crippen LogP contribution is 2.25. The molecule has 2 amide bonds. The molecule has 1 heterocycles. The van der Waals surface area contributed by atoms with Gasteiger partial charge in [-0.3, -0.25) is 19.7 Å². The summed E-state index contributed by atoms with van der Waals surface area (Å²) in [6.07, 6.45) is 0. The van der Waals surface area contributed by atoms with Gasteiger partial charge < -0.3 is 15.8 Å². The van der Waals surface area contributed by atoms with Crippen molar-refractivity contribution in [1.82, 2.24) is 15.5 Å². The third-order valence-corrected chi connectivity index (χ3v) is 4.66. The van der Waals surface area contributed by atoms with Crippen LogP contribution in [0.3, 0.4) is 0 Å². The average Bonchev–Trinajstić information content (AvgIpc) is 2.97. The van der Waals surface area contributed by atoms with Crippen LogP contribution in [0, 0.1) is 5.92 Å². The quantitative estimate of drug-likeness (QED) is 0.306. The average molecular weight is 412 g/mol. The van der Waals surface area contributed by atoms with E-state index in [-0.39, 0.29) is 47.6 Å². The number of hydrogen-bond acceptors (Lipinski definition) is 9. The first-order valence-electron chi connectivity index (χ1n) is 7.28. The van der Waals surface area contributed by atoms with Crippen molar-refractivity contribution in [1.29, 1.82) is 0 Å². The van der Waals surface area contributed by atoms with Gasteiger partial charge in [-0.2, -0.15) is 0 Å². The van der Waals surface area contributed by atoms with Crippen LogP contribution in [-0.4, -0.2) is 52.9 Å². The lowest BCUT2D eigenvalue weighted by Gasteiger charge is -2.14. The Morgan fingerprint density at radius 3 is 2.60 bits per heavy atom. The first-order chi connectivity index (χ1) is 11.3. The van der Waals surface area contributed by atoms with Crippen molar-refractivity contribution in [3.8, 4) is 0 Å². The van der Waals surface area contributed by atoms with E-state index in [9.17, 15) is 14.4 Å². The van der Waals surface area contributed by atoms with Crippen LogP contribution in [0.1, 0.15) is 20.8 Å². The van der Waals surface area contributed by atoms with Crippen molar-refractivity contribution in [2.45, 2.75) is 31.2 Å². The number of nitrogens with one attached hydrogen (secondary N) is 2. The lowest BCUT2D eigenvalue weighted by Crippen LogP contribution is -2.46. The third-order valence-electron chi connectivity index (χ3n) is 2.72. The zero-order chi connectivity index (χ0) is 18.1. The number of aromatic nitrogens is 2. The molecule has 0 saturated heterocycles. The summed E-state index contributed by atoms with van der Waals surface area (Å²) >= 11 is 2.30. The maximum Gasteiger partial charge on any atom is 0.316 e. The fraction of sp³-hybridized carbons (Fsp3) is 0.615. The van der Waals surface area contributed by atoms with Crippen LogP contribution < -0.4 is 16.4 Å². The lowest BCUT2D eigenvalue weighted by atomic mass is 10.1. The summed E-state index contributed by atoms with van der Waals surface area (Å²) in [5.41, 5.74) is 5.68. The molecule has 0 fully saturated rings. The molecule has 0 aliphatic heterocycles. The largest absolute Gasteiger partial charge is 0.465 e. The van der Waals surface area contributed by atoms with E-state index in [1.165, 1.54) is 11.8 Å². The maximum atomic E-state index is 11.8. The second-order valence-corrected chi connectivity index (χ2v) is 7.20. The summed E-state index contributed by atoms with van der Waals surface area (Å²) in [7, 11) is 0. The van der Waals surface area contributed by atoms with Crippen molar-refractivity contribution in [3.05, 3.63) is 0 Å². The van der Waals surface area contributed by atoms with Gasteiger partial charge in [0.25, 0.3) is 0 Å². The Labute approximate surface area is 160 Å². The summed E-state index contributed by atoms with van der Waals surface area (Å²) in [6.45, 7) is 5.49. The van der Waals surface area contributed by atoms with Crippen LogP contribution in [0.4, 0.5) is 5.13 Å². The number of ether oxygens (including phenoxy) is 1. The van der Waals surface area contributed by atoms with E-state index in [2.05, 4.69) is 20.8 Å². The number of anilines is 1. The monoisotopic (exact) mass is 411 g/mol. The second kappa shape index (κ2) is 12.0. The van der Waals surface area contributed by atoms with Crippen LogP contribution in [0.25, 0.3) is 0 Å². The Bertz CT molecular complexity index is 585. The number of carbonyl (C=O) groups is 3. The normalized spacial score (nSPS) is 11.4. The number of hydrogen-bond donors (Lipinski definition) is 3. The first kappa shape index (κ1) is 23.6. The van der Waals surface area contributed by atoms with Gasteiger partial charge in [-0.15, -0.1) is 22.6 Å². The predicted molar refractivity (Wildman–Crippen MR) is 99.0 cm³/mol. The van der Waals surface area contributed by atoms with Crippen LogP contribution in [-0.2, 0) is 19.1 Å². The van der Waals surface area contributed by atoms with Crippen molar-refractivity contribution in [3.63, 3.8) is 0 Å². The number of carbonyl (C=O) groups excluding carboxylic acids is 3. The summed E-state index contributed by atoms with van der Waals surface area (Å²) in [5, 5.41) is 12.9. The van der Waals surface area contributed by atoms with Gasteiger partial charge in [0.15, 0.2) is 4.34 Å². The van der Waals surface area contributed by atoms with Crippen molar-refractivity contribution >= 4 is 58.4 Å². The molecule has 1 atom stereocenters. The molecule has 0 aliphatic rings. The van der Waals surface area contributed by atoms with Crippen molar-refractivity contribution in [2.75, 3.05) is 24.2 Å². The zero-order valence-corrected chi connectivity index (χ0v) is 16.6. The third kappa shape index (κ3) is 9.00. The summed E-state index contributed by atoms with van der Waals surface area (Å²) in [4.78, 5) is 34.7. The molecule has 0 radical (unpaired) electrons. The van der Waals surface area contributed by atoms with Gasteiger partial charge in [-0.1, -0.05) is 36.9 Å². The molecular formula is C13H22ClN5O4S2. The number of nitrogens with two attached hydrogens (primary N) is 1. The Kier molecular flexibility index (Phi) is 11.3. The molecule has 0 saturated carbocycles. The predicted octanol–water partition coefficient (Wildman–Crippen LogP) is 0.653. The van der Waals surface area contributed by atoms with E-state index in [0.717, 1.165) is 11.3 Å². The van der Waals surface area contributed by atoms with Crippen molar-refractivity contribution < 1.29 is 19.1 Å². The number of nitrogens with zero attached hydrogens (tertiary/aromatic N) is 2. The number of halogens is 1. The Hall–Kier alpha value is -1.43. The SMILES string of the molecule is CCOC(=O)CSc1nnc(NC(=O)CNC(=O)[C@@H](N)C(C)C)s1.Cl. The summed E-state index contributed by atoms with van der Waals surface area (Å²) in [5.74, 6) is -1.05. The van der Waals surface area contributed by atoms with Crippen molar-refractivity contribution in [2.24, 2.45) is 11.7 Å². The van der Waals surface area contributed by atoms with Gasteiger partial charge in [0, 0.05) is 0 Å². The maximum absolute atomic E-state index is 11.8. The molecule has 0 spiro atoms. The molecule has 25 heavy (non-hydrogen) atoms. The van der Waals surface area contributed by atoms with Crippen LogP contribution >= 0.6 is 35.5 Å². The van der Waals surface area contributed by atoms with Crippen LogP contribution in [0.5, 0.6) is 0 Å². The minimum atomic E-state index is -0.662. The Morgan fingerprint density at radius 2 is 2.00 bits per heavy atom. The number of thioether (sulfide) groups is 1. The van der Waals surface area contributed by atoms with E-state index in [4.69, 9.17) is 10.5 Å². The van der Waals surface area contributed by atoms with Gasteiger partial charge in [-0.25, -0.2) is 0 Å². The minimum Gasteiger partial charge on any atom is -0.465 e. The minimum absolute atomic E-state index is 0. The highest BCUT2D eigenvalue weighted by Gasteiger charge is 2.18. The molecule has 1 rings (SSSR count). The number of rotatable bonds is 9. The highest BCUT2D eigenvalue weighted by atomic mass is 35.5. The fourth-order valence-corrected chi connectivity index (χ4v) is 2.96. The number of amides is 2. The number of esters is 1.